The van der Waals surface area contributed by atoms with Crippen LogP contribution in [0.15, 0.2) is 0 Å². The lowest BCUT2D eigenvalue weighted by atomic mass is 9.96. The molecule has 2 aliphatic rings. The van der Waals surface area contributed by atoms with E-state index in [1.165, 1.54) is 36.2 Å². The van der Waals surface area contributed by atoms with E-state index in [9.17, 15) is 13.2 Å². The normalized spacial score (nSPS) is 24.2. The fourth-order valence-corrected chi connectivity index (χ4v) is 4.07. The molecule has 116 valence electrons. The van der Waals surface area contributed by atoms with Crippen molar-refractivity contribution >= 4 is 15.9 Å². The summed E-state index contributed by atoms with van der Waals surface area (Å²) >= 11 is 0. The SMILES string of the molecule is CS(=O)(=O)N1CCC(C(=O)NC2CCCCCC2)CC1. The zero-order valence-electron chi connectivity index (χ0n) is 12.3. The number of sulfonamides is 1. The zero-order valence-corrected chi connectivity index (χ0v) is 13.1. The summed E-state index contributed by atoms with van der Waals surface area (Å²) in [5, 5.41) is 3.18. The molecular weight excluding hydrogens is 276 g/mol. The van der Waals surface area contributed by atoms with Crippen molar-refractivity contribution in [2.24, 2.45) is 5.92 Å². The number of hydrogen-bond donors (Lipinski definition) is 1. The zero-order chi connectivity index (χ0) is 14.6. The lowest BCUT2D eigenvalue weighted by Gasteiger charge is -2.30. The molecule has 0 atom stereocenters. The van der Waals surface area contributed by atoms with Crippen LogP contribution in [0, 0.1) is 5.92 Å². The van der Waals surface area contributed by atoms with Crippen LogP contribution in [0.4, 0.5) is 0 Å². The maximum atomic E-state index is 12.3. The minimum absolute atomic E-state index is 0.0174. The highest BCUT2D eigenvalue weighted by Gasteiger charge is 2.29. The maximum absolute atomic E-state index is 12.3. The summed E-state index contributed by atoms with van der Waals surface area (Å²) in [5.74, 6) is 0.112. The average Bonchev–Trinajstić information content (AvgIpc) is 2.66. The molecule has 0 unspecified atom stereocenters. The van der Waals surface area contributed by atoms with Crippen LogP contribution in [0.5, 0.6) is 0 Å². The van der Waals surface area contributed by atoms with E-state index in [1.54, 1.807) is 0 Å². The summed E-state index contributed by atoms with van der Waals surface area (Å²) in [6.45, 7) is 0.948. The predicted octanol–water partition coefficient (Wildman–Crippen LogP) is 1.50. The first-order valence-electron chi connectivity index (χ1n) is 7.72. The number of nitrogens with one attached hydrogen (secondary N) is 1. The van der Waals surface area contributed by atoms with Crippen molar-refractivity contribution in [3.05, 3.63) is 0 Å². The van der Waals surface area contributed by atoms with Gasteiger partial charge < -0.3 is 5.32 Å². The van der Waals surface area contributed by atoms with Crippen molar-refractivity contribution in [3.8, 4) is 0 Å². The Morgan fingerprint density at radius 3 is 2.05 bits per heavy atom. The van der Waals surface area contributed by atoms with Gasteiger partial charge in [0.25, 0.3) is 0 Å². The Balaban J connectivity index is 1.79. The Bertz CT molecular complexity index is 420. The molecule has 0 aromatic carbocycles. The Morgan fingerprint density at radius 2 is 1.55 bits per heavy atom. The van der Waals surface area contributed by atoms with E-state index in [1.807, 2.05) is 0 Å². The standard InChI is InChI=1S/C14H26N2O3S/c1-20(18,19)16-10-8-12(9-11-16)14(17)15-13-6-4-2-3-5-7-13/h12-13H,2-11H2,1H3,(H,15,17). The van der Waals surface area contributed by atoms with Gasteiger partial charge in [-0.05, 0) is 25.7 Å². The van der Waals surface area contributed by atoms with Gasteiger partial charge in [0.1, 0.15) is 0 Å². The molecule has 1 heterocycles. The first-order valence-corrected chi connectivity index (χ1v) is 9.57. The van der Waals surface area contributed by atoms with Crippen LogP contribution in [0.1, 0.15) is 51.4 Å². The third-order valence-electron chi connectivity index (χ3n) is 4.50. The number of rotatable bonds is 3. The van der Waals surface area contributed by atoms with Crippen LogP contribution in [0.25, 0.3) is 0 Å². The van der Waals surface area contributed by atoms with E-state index in [0.29, 0.717) is 32.0 Å². The smallest absolute Gasteiger partial charge is 0.223 e. The summed E-state index contributed by atoms with van der Waals surface area (Å²) < 4.78 is 24.4. The van der Waals surface area contributed by atoms with Crippen molar-refractivity contribution in [2.45, 2.75) is 57.4 Å². The Labute approximate surface area is 122 Å². The van der Waals surface area contributed by atoms with Gasteiger partial charge in [-0.2, -0.15) is 0 Å². The van der Waals surface area contributed by atoms with Crippen molar-refractivity contribution < 1.29 is 13.2 Å². The van der Waals surface area contributed by atoms with Crippen LogP contribution >= 0.6 is 0 Å². The van der Waals surface area contributed by atoms with E-state index in [4.69, 9.17) is 0 Å². The first kappa shape index (κ1) is 15.8. The molecule has 1 aliphatic heterocycles. The summed E-state index contributed by atoms with van der Waals surface area (Å²) in [6, 6.07) is 0.331. The topological polar surface area (TPSA) is 66.5 Å². The van der Waals surface area contributed by atoms with Gasteiger partial charge in [-0.1, -0.05) is 25.7 Å². The second kappa shape index (κ2) is 6.89. The number of amides is 1. The summed E-state index contributed by atoms with van der Waals surface area (Å²) in [7, 11) is -3.11. The number of hydrogen-bond acceptors (Lipinski definition) is 3. The van der Waals surface area contributed by atoms with Crippen LogP contribution in [-0.4, -0.2) is 44.0 Å². The highest BCUT2D eigenvalue weighted by atomic mass is 32.2. The lowest BCUT2D eigenvalue weighted by Crippen LogP contribution is -2.45. The van der Waals surface area contributed by atoms with Gasteiger partial charge in [-0.15, -0.1) is 0 Å². The van der Waals surface area contributed by atoms with E-state index in [-0.39, 0.29) is 11.8 Å². The second-order valence-electron chi connectivity index (χ2n) is 6.13. The third-order valence-corrected chi connectivity index (χ3v) is 5.80. The second-order valence-corrected chi connectivity index (χ2v) is 8.12. The fraction of sp³-hybridized carbons (Fsp3) is 0.929. The average molecular weight is 302 g/mol. The molecule has 5 nitrogen and oxygen atoms in total. The quantitative estimate of drug-likeness (QED) is 0.803. The van der Waals surface area contributed by atoms with Gasteiger partial charge in [0, 0.05) is 25.0 Å². The molecule has 1 saturated carbocycles. The van der Waals surface area contributed by atoms with Crippen LogP contribution in [-0.2, 0) is 14.8 Å². The van der Waals surface area contributed by atoms with Crippen molar-refractivity contribution in [3.63, 3.8) is 0 Å². The predicted molar refractivity (Wildman–Crippen MR) is 78.8 cm³/mol. The van der Waals surface area contributed by atoms with E-state index < -0.39 is 10.0 Å². The molecule has 6 heteroatoms. The van der Waals surface area contributed by atoms with Gasteiger partial charge in [0.05, 0.1) is 6.26 Å². The molecule has 0 bridgehead atoms. The first-order chi connectivity index (χ1) is 9.47. The van der Waals surface area contributed by atoms with Crippen LogP contribution < -0.4 is 5.32 Å². The van der Waals surface area contributed by atoms with Gasteiger partial charge in [0.2, 0.25) is 15.9 Å². The van der Waals surface area contributed by atoms with Crippen LogP contribution in [0.2, 0.25) is 0 Å². The molecule has 1 saturated heterocycles. The molecule has 1 amide bonds. The summed E-state index contributed by atoms with van der Waals surface area (Å²) in [6.07, 6.45) is 9.67. The Hall–Kier alpha value is -0.620. The largest absolute Gasteiger partial charge is 0.353 e. The number of piperidine rings is 1. The number of carbonyl (C=O) groups excluding carboxylic acids is 1. The molecule has 0 aromatic rings. The Morgan fingerprint density at radius 1 is 1.00 bits per heavy atom. The van der Waals surface area contributed by atoms with E-state index in [2.05, 4.69) is 5.32 Å². The van der Waals surface area contributed by atoms with Gasteiger partial charge >= 0.3 is 0 Å². The molecule has 0 spiro atoms. The Kier molecular flexibility index (Phi) is 5.43. The van der Waals surface area contributed by atoms with E-state index in [0.717, 1.165) is 12.8 Å². The minimum Gasteiger partial charge on any atom is -0.353 e. The van der Waals surface area contributed by atoms with Crippen molar-refractivity contribution in [1.29, 1.82) is 0 Å². The van der Waals surface area contributed by atoms with Crippen LogP contribution in [0.3, 0.4) is 0 Å². The van der Waals surface area contributed by atoms with Gasteiger partial charge in [-0.25, -0.2) is 12.7 Å². The number of carbonyl (C=O) groups is 1. The van der Waals surface area contributed by atoms with Gasteiger partial charge in [-0.3, -0.25) is 4.79 Å². The highest BCUT2D eigenvalue weighted by molar-refractivity contribution is 7.88. The lowest BCUT2D eigenvalue weighted by molar-refractivity contribution is -0.126. The summed E-state index contributed by atoms with van der Waals surface area (Å²) in [5.41, 5.74) is 0. The maximum Gasteiger partial charge on any atom is 0.223 e. The van der Waals surface area contributed by atoms with E-state index >= 15 is 0 Å². The molecule has 2 rings (SSSR count). The molecule has 20 heavy (non-hydrogen) atoms. The molecule has 1 aliphatic carbocycles. The monoisotopic (exact) mass is 302 g/mol. The number of nitrogens with zero attached hydrogens (tertiary/aromatic N) is 1. The molecule has 0 radical (unpaired) electrons. The molecule has 0 aromatic heterocycles. The minimum atomic E-state index is -3.11. The molecular formula is C14H26N2O3S. The summed E-state index contributed by atoms with van der Waals surface area (Å²) in [4.78, 5) is 12.3. The molecule has 1 N–H and O–H groups in total. The molecule has 2 fully saturated rings. The van der Waals surface area contributed by atoms with Crippen molar-refractivity contribution in [2.75, 3.05) is 19.3 Å². The third kappa shape index (κ3) is 4.45. The van der Waals surface area contributed by atoms with Gasteiger partial charge in [0.15, 0.2) is 0 Å². The van der Waals surface area contributed by atoms with Crippen molar-refractivity contribution in [1.82, 2.24) is 9.62 Å². The highest BCUT2D eigenvalue weighted by Crippen LogP contribution is 2.21. The fourth-order valence-electron chi connectivity index (χ4n) is 3.19.